The average molecular weight is 465 g/mol. The Kier molecular flexibility index (Phi) is 8.11. The Balaban J connectivity index is 1.94. The Labute approximate surface area is 198 Å². The van der Waals surface area contributed by atoms with Crippen LogP contribution in [0.2, 0.25) is 0 Å². The van der Waals surface area contributed by atoms with Crippen molar-refractivity contribution in [3.8, 4) is 0 Å². The van der Waals surface area contributed by atoms with Gasteiger partial charge in [-0.2, -0.15) is 0 Å². The van der Waals surface area contributed by atoms with Crippen LogP contribution in [0, 0.1) is 6.92 Å². The fourth-order valence-corrected chi connectivity index (χ4v) is 4.38. The van der Waals surface area contributed by atoms with Crippen molar-refractivity contribution in [3.63, 3.8) is 0 Å². The SMILES string of the molecule is CCOC(=O)C1=C(O)/C(=C/c2ccc(N(CC)CC)cc2)SC1=NC(=O)c1ccc(C)cc1. The van der Waals surface area contributed by atoms with E-state index in [0.717, 1.165) is 41.7 Å². The highest BCUT2D eigenvalue weighted by atomic mass is 32.2. The number of aliphatic hydroxyl groups is 1. The summed E-state index contributed by atoms with van der Waals surface area (Å²) in [5, 5.41) is 10.9. The van der Waals surface area contributed by atoms with Gasteiger partial charge in [-0.15, -0.1) is 0 Å². The van der Waals surface area contributed by atoms with Crippen molar-refractivity contribution in [2.75, 3.05) is 24.6 Å². The van der Waals surface area contributed by atoms with Crippen LogP contribution in [0.25, 0.3) is 6.08 Å². The van der Waals surface area contributed by atoms with E-state index in [1.54, 1.807) is 25.1 Å². The third-order valence-corrected chi connectivity index (χ3v) is 6.21. The predicted molar refractivity (Wildman–Crippen MR) is 135 cm³/mol. The smallest absolute Gasteiger partial charge is 0.344 e. The van der Waals surface area contributed by atoms with Crippen LogP contribution in [0.5, 0.6) is 0 Å². The number of thioether (sulfide) groups is 1. The predicted octanol–water partition coefficient (Wildman–Crippen LogP) is 5.54. The van der Waals surface area contributed by atoms with Gasteiger partial charge < -0.3 is 14.7 Å². The molecule has 7 heteroatoms. The van der Waals surface area contributed by atoms with E-state index in [9.17, 15) is 14.7 Å². The molecular weight excluding hydrogens is 436 g/mol. The van der Waals surface area contributed by atoms with Crippen molar-refractivity contribution >= 4 is 40.4 Å². The summed E-state index contributed by atoms with van der Waals surface area (Å²) in [6.07, 6.45) is 1.77. The Hall–Kier alpha value is -3.32. The topological polar surface area (TPSA) is 79.2 Å². The number of amides is 1. The first-order valence-electron chi connectivity index (χ1n) is 10.9. The Morgan fingerprint density at radius 2 is 1.67 bits per heavy atom. The molecule has 172 valence electrons. The van der Waals surface area contributed by atoms with E-state index in [-0.39, 0.29) is 23.0 Å². The second kappa shape index (κ2) is 11.0. The van der Waals surface area contributed by atoms with Gasteiger partial charge in [0.2, 0.25) is 0 Å². The Morgan fingerprint density at radius 3 is 2.24 bits per heavy atom. The van der Waals surface area contributed by atoms with Gasteiger partial charge >= 0.3 is 5.97 Å². The molecule has 1 aliphatic heterocycles. The van der Waals surface area contributed by atoms with Crippen molar-refractivity contribution in [2.24, 2.45) is 4.99 Å². The Morgan fingerprint density at radius 1 is 1.03 bits per heavy atom. The van der Waals surface area contributed by atoms with Crippen LogP contribution in [0.15, 0.2) is 69.8 Å². The van der Waals surface area contributed by atoms with E-state index in [1.807, 2.05) is 43.3 Å². The summed E-state index contributed by atoms with van der Waals surface area (Å²) in [7, 11) is 0. The number of carbonyl (C=O) groups excluding carboxylic acids is 2. The van der Waals surface area contributed by atoms with Gasteiger partial charge in [0.25, 0.3) is 5.91 Å². The minimum atomic E-state index is -0.710. The second-order valence-electron chi connectivity index (χ2n) is 7.41. The molecule has 0 bridgehead atoms. The third kappa shape index (κ3) is 5.73. The standard InChI is InChI=1S/C26H28N2O4S/c1-5-28(6-2)20-14-10-18(11-15-20)16-21-23(29)22(26(31)32-7-3)25(33-21)27-24(30)19-12-8-17(4)9-13-19/h8-16,29H,5-7H2,1-4H3/b21-16-,27-25?. The molecular formula is C26H28N2O4S. The summed E-state index contributed by atoms with van der Waals surface area (Å²) in [4.78, 5) is 32.0. The van der Waals surface area contributed by atoms with Crippen molar-refractivity contribution in [1.82, 2.24) is 0 Å². The number of aliphatic imine (C=N–C) groups is 1. The minimum Gasteiger partial charge on any atom is -0.506 e. The average Bonchev–Trinajstić information content (AvgIpc) is 3.10. The molecule has 3 rings (SSSR count). The highest BCUT2D eigenvalue weighted by molar-refractivity contribution is 8.18. The van der Waals surface area contributed by atoms with Crippen molar-refractivity contribution < 1.29 is 19.4 Å². The maximum Gasteiger partial charge on any atom is 0.344 e. The first-order valence-corrected chi connectivity index (χ1v) is 11.7. The van der Waals surface area contributed by atoms with E-state index < -0.39 is 11.9 Å². The largest absolute Gasteiger partial charge is 0.506 e. The fourth-order valence-electron chi connectivity index (χ4n) is 3.37. The molecule has 0 atom stereocenters. The number of rotatable bonds is 7. The lowest BCUT2D eigenvalue weighted by atomic mass is 10.1. The van der Waals surface area contributed by atoms with Gasteiger partial charge in [-0.25, -0.2) is 9.79 Å². The zero-order valence-corrected chi connectivity index (χ0v) is 20.1. The van der Waals surface area contributed by atoms with Gasteiger partial charge in [-0.05, 0) is 63.6 Å². The Bertz CT molecular complexity index is 1110. The lowest BCUT2D eigenvalue weighted by molar-refractivity contribution is -0.138. The molecule has 0 aliphatic carbocycles. The van der Waals surface area contributed by atoms with Gasteiger partial charge in [0, 0.05) is 24.3 Å². The summed E-state index contributed by atoms with van der Waals surface area (Å²) in [6, 6.07) is 14.9. The molecule has 0 aromatic heterocycles. The van der Waals surface area contributed by atoms with E-state index in [0.29, 0.717) is 10.5 Å². The number of benzene rings is 2. The van der Waals surface area contributed by atoms with Crippen LogP contribution < -0.4 is 4.90 Å². The maximum atomic E-state index is 12.7. The normalized spacial score (nSPS) is 15.9. The maximum absolute atomic E-state index is 12.7. The number of carbonyl (C=O) groups is 2. The van der Waals surface area contributed by atoms with Crippen LogP contribution in [-0.2, 0) is 9.53 Å². The number of ether oxygens (including phenoxy) is 1. The summed E-state index contributed by atoms with van der Waals surface area (Å²) in [5.41, 5.74) is 3.30. The number of aryl methyl sites for hydroxylation is 1. The summed E-state index contributed by atoms with van der Waals surface area (Å²) in [6.45, 7) is 9.78. The van der Waals surface area contributed by atoms with Crippen molar-refractivity contribution in [2.45, 2.75) is 27.7 Å². The van der Waals surface area contributed by atoms with Gasteiger partial charge in [0.1, 0.15) is 16.4 Å². The zero-order chi connectivity index (χ0) is 24.0. The van der Waals surface area contributed by atoms with Crippen molar-refractivity contribution in [1.29, 1.82) is 0 Å². The molecule has 0 spiro atoms. The van der Waals surface area contributed by atoms with Gasteiger partial charge in [-0.1, -0.05) is 41.6 Å². The van der Waals surface area contributed by atoms with E-state index >= 15 is 0 Å². The molecule has 33 heavy (non-hydrogen) atoms. The lowest BCUT2D eigenvalue weighted by Crippen LogP contribution is -2.21. The molecule has 1 heterocycles. The lowest BCUT2D eigenvalue weighted by Gasteiger charge is -2.20. The third-order valence-electron chi connectivity index (χ3n) is 5.19. The highest BCUT2D eigenvalue weighted by Crippen LogP contribution is 2.39. The number of esters is 1. The molecule has 0 radical (unpaired) electrons. The van der Waals surface area contributed by atoms with Crippen molar-refractivity contribution in [3.05, 3.63) is 81.5 Å². The van der Waals surface area contributed by atoms with Crippen LogP contribution in [0.4, 0.5) is 5.69 Å². The molecule has 6 nitrogen and oxygen atoms in total. The van der Waals surface area contributed by atoms with Crippen LogP contribution in [0.3, 0.4) is 0 Å². The summed E-state index contributed by atoms with van der Waals surface area (Å²) >= 11 is 1.08. The van der Waals surface area contributed by atoms with E-state index in [4.69, 9.17) is 4.74 Å². The first kappa shape index (κ1) is 24.3. The number of hydrogen-bond donors (Lipinski definition) is 1. The number of hydrogen-bond acceptors (Lipinski definition) is 6. The number of aliphatic hydroxyl groups excluding tert-OH is 1. The van der Waals surface area contributed by atoms with Gasteiger partial charge in [0.05, 0.1) is 11.5 Å². The van der Waals surface area contributed by atoms with Crippen LogP contribution >= 0.6 is 11.8 Å². The molecule has 0 unspecified atom stereocenters. The molecule has 0 saturated heterocycles. The molecule has 0 saturated carbocycles. The zero-order valence-electron chi connectivity index (χ0n) is 19.3. The van der Waals surface area contributed by atoms with Gasteiger partial charge in [0.15, 0.2) is 0 Å². The second-order valence-corrected chi connectivity index (χ2v) is 8.44. The quantitative estimate of drug-likeness (QED) is 0.542. The van der Waals surface area contributed by atoms with Crippen LogP contribution in [-0.4, -0.2) is 41.7 Å². The molecule has 0 fully saturated rings. The summed E-state index contributed by atoms with van der Waals surface area (Å²) in [5.74, 6) is -1.43. The number of nitrogens with zero attached hydrogens (tertiary/aromatic N) is 2. The fraction of sp³-hybridized carbons (Fsp3) is 0.269. The van der Waals surface area contributed by atoms with Crippen LogP contribution in [0.1, 0.15) is 42.3 Å². The van der Waals surface area contributed by atoms with E-state index in [1.165, 1.54) is 0 Å². The molecule has 2 aromatic rings. The minimum absolute atomic E-state index is 0.0895. The molecule has 1 N–H and O–H groups in total. The summed E-state index contributed by atoms with van der Waals surface area (Å²) < 4.78 is 5.10. The molecule has 1 amide bonds. The monoisotopic (exact) mass is 464 g/mol. The first-order chi connectivity index (χ1) is 15.9. The number of anilines is 1. The molecule has 2 aromatic carbocycles. The van der Waals surface area contributed by atoms with E-state index in [2.05, 4.69) is 23.7 Å². The molecule has 1 aliphatic rings. The highest BCUT2D eigenvalue weighted by Gasteiger charge is 2.33. The van der Waals surface area contributed by atoms with Gasteiger partial charge in [-0.3, -0.25) is 4.79 Å².